The lowest BCUT2D eigenvalue weighted by Crippen LogP contribution is -2.44. The summed E-state index contributed by atoms with van der Waals surface area (Å²) in [6.07, 6.45) is 1.01. The van der Waals surface area contributed by atoms with Crippen LogP contribution in [0.15, 0.2) is 60.7 Å². The zero-order valence-corrected chi connectivity index (χ0v) is 22.4. The Kier molecular flexibility index (Phi) is 6.37. The summed E-state index contributed by atoms with van der Waals surface area (Å²) >= 11 is 2.51. The Morgan fingerprint density at radius 1 is 1.09 bits per heavy atom. The monoisotopic (exact) mass is 566 g/mol. The van der Waals surface area contributed by atoms with E-state index in [9.17, 15) is 4.79 Å². The van der Waals surface area contributed by atoms with Crippen molar-refractivity contribution in [2.24, 2.45) is 0 Å². The molecule has 0 saturated carbocycles. The molecule has 5 nitrogen and oxygen atoms in total. The number of aromatic nitrogens is 2. The van der Waals surface area contributed by atoms with E-state index >= 15 is 0 Å². The fraction of sp³-hybridized carbons (Fsp3) is 0.357. The summed E-state index contributed by atoms with van der Waals surface area (Å²) in [7, 11) is 1.96. The quantitative estimate of drug-likeness (QED) is 0.173. The van der Waals surface area contributed by atoms with Gasteiger partial charge in [0.15, 0.2) is 0 Å². The first-order valence-electron chi connectivity index (χ1n) is 12.0. The molecule has 1 amide bonds. The van der Waals surface area contributed by atoms with E-state index in [1.54, 1.807) is 0 Å². The number of rotatable bonds is 5. The van der Waals surface area contributed by atoms with Crippen LogP contribution in [0.4, 0.5) is 0 Å². The molecular weight excluding hydrogens is 535 g/mol. The van der Waals surface area contributed by atoms with Crippen molar-refractivity contribution in [1.29, 1.82) is 0 Å². The summed E-state index contributed by atoms with van der Waals surface area (Å²) in [6.45, 7) is 8.27. The number of nitrogens with zero attached hydrogens (tertiary/aromatic N) is 4. The predicted molar refractivity (Wildman–Crippen MR) is 148 cm³/mol. The topological polar surface area (TPSA) is 41.4 Å². The van der Waals surface area contributed by atoms with Gasteiger partial charge in [-0.25, -0.2) is 4.98 Å². The van der Waals surface area contributed by atoms with Crippen LogP contribution in [-0.4, -0.2) is 55.0 Å². The lowest BCUT2D eigenvalue weighted by atomic mass is 9.98. The van der Waals surface area contributed by atoms with Gasteiger partial charge in [0.1, 0.15) is 5.82 Å². The van der Waals surface area contributed by atoms with E-state index in [4.69, 9.17) is 4.98 Å². The van der Waals surface area contributed by atoms with Gasteiger partial charge in [0.2, 0.25) is 0 Å². The maximum Gasteiger partial charge on any atom is 0.254 e. The van der Waals surface area contributed by atoms with Crippen LogP contribution >= 0.6 is 22.6 Å². The molecule has 0 N–H and O–H groups in total. The molecule has 5 rings (SSSR count). The van der Waals surface area contributed by atoms with Crippen molar-refractivity contribution in [1.82, 2.24) is 19.4 Å². The first-order chi connectivity index (χ1) is 16.4. The molecule has 3 aromatic carbocycles. The average molecular weight is 566 g/mol. The normalized spacial score (nSPS) is 18.9. The number of halogens is 1. The Labute approximate surface area is 214 Å². The Balaban J connectivity index is 1.49. The second-order valence-corrected chi connectivity index (χ2v) is 10.8. The van der Waals surface area contributed by atoms with Gasteiger partial charge in [0.05, 0.1) is 21.1 Å². The molecule has 0 spiro atoms. The second-order valence-electron chi connectivity index (χ2n) is 9.53. The van der Waals surface area contributed by atoms with Crippen LogP contribution < -0.4 is 0 Å². The number of alkyl halides is 1. The number of likely N-dealkylation sites (N-methyl/N-ethyl adjacent to an activating group) is 1. The summed E-state index contributed by atoms with van der Waals surface area (Å²) in [5, 5.41) is 2.14. The minimum Gasteiger partial charge on any atom is -0.336 e. The molecule has 2 atom stereocenters. The van der Waals surface area contributed by atoms with Crippen LogP contribution in [0.1, 0.15) is 42.0 Å². The highest BCUT2D eigenvalue weighted by atomic mass is 127. The molecule has 1 saturated heterocycles. The van der Waals surface area contributed by atoms with Crippen molar-refractivity contribution < 1.29 is 4.79 Å². The second kappa shape index (κ2) is 9.30. The third kappa shape index (κ3) is 4.01. The first kappa shape index (κ1) is 23.3. The van der Waals surface area contributed by atoms with Crippen molar-refractivity contribution in [2.45, 2.75) is 49.9 Å². The summed E-state index contributed by atoms with van der Waals surface area (Å²) < 4.78 is 2.58. The lowest BCUT2D eigenvalue weighted by molar-refractivity contribution is 0.0728. The maximum absolute atomic E-state index is 13.7. The highest BCUT2D eigenvalue weighted by Gasteiger charge is 2.38. The van der Waals surface area contributed by atoms with Crippen LogP contribution in [0, 0.1) is 6.92 Å². The van der Waals surface area contributed by atoms with E-state index in [0.717, 1.165) is 52.7 Å². The Morgan fingerprint density at radius 2 is 1.79 bits per heavy atom. The Hall–Kier alpha value is -2.45. The lowest BCUT2D eigenvalue weighted by Gasteiger charge is -2.31. The van der Waals surface area contributed by atoms with Crippen LogP contribution in [0.2, 0.25) is 0 Å². The molecule has 34 heavy (non-hydrogen) atoms. The van der Waals surface area contributed by atoms with Crippen LogP contribution in [0.5, 0.6) is 0 Å². The number of hydrogen-bond donors (Lipinski definition) is 0. The zero-order valence-electron chi connectivity index (χ0n) is 20.2. The molecule has 2 heterocycles. The zero-order chi connectivity index (χ0) is 24.0. The summed E-state index contributed by atoms with van der Waals surface area (Å²) in [6, 6.07) is 21.4. The third-order valence-electron chi connectivity index (χ3n) is 7.22. The van der Waals surface area contributed by atoms with Crippen LogP contribution in [0.25, 0.3) is 21.8 Å². The average Bonchev–Trinajstić information content (AvgIpc) is 3.38. The van der Waals surface area contributed by atoms with Gasteiger partial charge in [-0.15, -0.1) is 0 Å². The number of hydrogen-bond acceptors (Lipinski definition) is 3. The molecule has 6 heteroatoms. The third-order valence-corrected chi connectivity index (χ3v) is 8.76. The number of carbonyl (C=O) groups excluding carboxylic acids is 1. The SMILES string of the molecule is Cc1nc2ccccc2n1Cc1ccc(C(=O)N(C)C2CCN(C(C)C)C2I)c2ccccc12. The van der Waals surface area contributed by atoms with Crippen molar-refractivity contribution >= 4 is 50.3 Å². The molecule has 0 bridgehead atoms. The van der Waals surface area contributed by atoms with Gasteiger partial charge >= 0.3 is 0 Å². The number of aryl methyl sites for hydroxylation is 1. The minimum atomic E-state index is 0.101. The van der Waals surface area contributed by atoms with Gasteiger partial charge in [-0.05, 0) is 61.7 Å². The van der Waals surface area contributed by atoms with Crippen molar-refractivity contribution in [2.75, 3.05) is 13.6 Å². The van der Waals surface area contributed by atoms with Gasteiger partial charge < -0.3 is 9.47 Å². The van der Waals surface area contributed by atoms with E-state index in [-0.39, 0.29) is 11.9 Å². The maximum atomic E-state index is 13.7. The molecular formula is C28H31IN4O. The van der Waals surface area contributed by atoms with E-state index in [1.807, 2.05) is 30.1 Å². The molecule has 0 radical (unpaired) electrons. The van der Waals surface area contributed by atoms with Crippen molar-refractivity contribution in [3.63, 3.8) is 0 Å². The van der Waals surface area contributed by atoms with Crippen molar-refractivity contribution in [3.05, 3.63) is 77.6 Å². The molecule has 1 aliphatic heterocycles. The predicted octanol–water partition coefficient (Wildman–Crippen LogP) is 5.86. The smallest absolute Gasteiger partial charge is 0.254 e. The number of amides is 1. The van der Waals surface area contributed by atoms with E-state index < -0.39 is 0 Å². The molecule has 2 unspecified atom stereocenters. The van der Waals surface area contributed by atoms with E-state index in [1.165, 1.54) is 5.56 Å². The minimum absolute atomic E-state index is 0.101. The number of fused-ring (bicyclic) bond motifs is 2. The summed E-state index contributed by atoms with van der Waals surface area (Å²) in [5.41, 5.74) is 4.12. The number of benzene rings is 3. The highest BCUT2D eigenvalue weighted by Crippen LogP contribution is 2.32. The van der Waals surface area contributed by atoms with Gasteiger partial charge in [-0.2, -0.15) is 0 Å². The van der Waals surface area contributed by atoms with E-state index in [2.05, 4.69) is 95.3 Å². The van der Waals surface area contributed by atoms with Gasteiger partial charge in [0.25, 0.3) is 5.91 Å². The summed E-state index contributed by atoms with van der Waals surface area (Å²) in [5.74, 6) is 1.10. The fourth-order valence-electron chi connectivity index (χ4n) is 5.28. The standard InChI is InChI=1S/C28H31IN4O/c1-18(2)32-16-15-26(27(32)29)31(4)28(34)23-14-13-20(21-9-5-6-10-22(21)23)17-33-19(3)30-24-11-7-8-12-25(24)33/h5-14,18,26-27H,15-17H2,1-4H3. The molecule has 0 aliphatic carbocycles. The fourth-order valence-corrected chi connectivity index (χ4v) is 7.04. The van der Waals surface area contributed by atoms with E-state index in [0.29, 0.717) is 10.1 Å². The Bertz CT molecular complexity index is 1360. The highest BCUT2D eigenvalue weighted by molar-refractivity contribution is 14.1. The number of imidazole rings is 1. The molecule has 176 valence electrons. The van der Waals surface area contributed by atoms with Crippen LogP contribution in [0.3, 0.4) is 0 Å². The Morgan fingerprint density at radius 3 is 2.53 bits per heavy atom. The number of carbonyl (C=O) groups is 1. The summed E-state index contributed by atoms with van der Waals surface area (Å²) in [4.78, 5) is 22.9. The molecule has 1 aromatic heterocycles. The first-order valence-corrected chi connectivity index (χ1v) is 13.2. The molecule has 4 aromatic rings. The van der Waals surface area contributed by atoms with Gasteiger partial charge in [0, 0.05) is 31.7 Å². The van der Waals surface area contributed by atoms with Gasteiger partial charge in [-0.1, -0.05) is 65.1 Å². The van der Waals surface area contributed by atoms with Crippen LogP contribution in [-0.2, 0) is 6.54 Å². The van der Waals surface area contributed by atoms with Gasteiger partial charge in [-0.3, -0.25) is 9.69 Å². The molecule has 1 aliphatic rings. The number of likely N-dealkylation sites (tertiary alicyclic amines) is 1. The van der Waals surface area contributed by atoms with Crippen molar-refractivity contribution in [3.8, 4) is 0 Å². The molecule has 1 fully saturated rings. The largest absolute Gasteiger partial charge is 0.336 e. The number of para-hydroxylation sites is 2.